The number of nitrogens with one attached hydrogen (secondary N) is 2. The predicted molar refractivity (Wildman–Crippen MR) is 46.5 cm³/mol. The number of benzene rings is 1. The second-order valence-corrected chi connectivity index (χ2v) is 2.54. The zero-order chi connectivity index (χ0) is 11.4. The van der Waals surface area contributed by atoms with Crippen LogP contribution in [0.5, 0.6) is 0 Å². The summed E-state index contributed by atoms with van der Waals surface area (Å²) in [4.78, 5) is 21.3. The molecule has 0 saturated carbocycles. The smallest absolute Gasteiger partial charge is 0.330 e. The molecule has 5 nitrogen and oxygen atoms in total. The van der Waals surface area contributed by atoms with E-state index < -0.39 is 29.1 Å². The van der Waals surface area contributed by atoms with Crippen molar-refractivity contribution in [1.29, 1.82) is 0 Å². The standard InChI is InChI=1S/C8H7F2N3O2/c9-5-3-1-2-4(6(5)10)7(14)12-13-8(11)15/h1-3H,(H,12,14)(H3,11,13,15). The summed E-state index contributed by atoms with van der Waals surface area (Å²) in [5.41, 5.74) is 7.67. The normalized spacial score (nSPS) is 9.47. The Balaban J connectivity index is 2.82. The minimum absolute atomic E-state index is 0.524. The summed E-state index contributed by atoms with van der Waals surface area (Å²) in [7, 11) is 0. The lowest BCUT2D eigenvalue weighted by Crippen LogP contribution is -2.44. The second kappa shape index (κ2) is 4.36. The van der Waals surface area contributed by atoms with Gasteiger partial charge in [0.15, 0.2) is 11.6 Å². The summed E-state index contributed by atoms with van der Waals surface area (Å²) in [5, 5.41) is 0. The van der Waals surface area contributed by atoms with Gasteiger partial charge in [-0.2, -0.15) is 0 Å². The minimum Gasteiger partial charge on any atom is -0.350 e. The molecule has 4 N–H and O–H groups in total. The zero-order valence-electron chi connectivity index (χ0n) is 7.38. The fourth-order valence-electron chi connectivity index (χ4n) is 0.865. The Labute approximate surface area is 83.2 Å². The molecule has 0 bridgehead atoms. The van der Waals surface area contributed by atoms with Crippen molar-refractivity contribution in [2.24, 2.45) is 5.73 Å². The van der Waals surface area contributed by atoms with E-state index in [1.165, 1.54) is 0 Å². The zero-order valence-corrected chi connectivity index (χ0v) is 7.38. The molecule has 1 rings (SSSR count). The molecule has 0 heterocycles. The monoisotopic (exact) mass is 215 g/mol. The van der Waals surface area contributed by atoms with Gasteiger partial charge in [-0.15, -0.1) is 0 Å². The number of nitrogens with two attached hydrogens (primary N) is 1. The number of hydrogen-bond acceptors (Lipinski definition) is 2. The van der Waals surface area contributed by atoms with Crippen molar-refractivity contribution in [3.63, 3.8) is 0 Å². The summed E-state index contributed by atoms with van der Waals surface area (Å²) in [6.45, 7) is 0. The van der Waals surface area contributed by atoms with Crippen LogP contribution in [0.3, 0.4) is 0 Å². The van der Waals surface area contributed by atoms with E-state index in [1.807, 2.05) is 0 Å². The molecule has 15 heavy (non-hydrogen) atoms. The Morgan fingerprint density at radius 3 is 2.47 bits per heavy atom. The van der Waals surface area contributed by atoms with Crippen molar-refractivity contribution in [3.8, 4) is 0 Å². The highest BCUT2D eigenvalue weighted by Gasteiger charge is 2.14. The highest BCUT2D eigenvalue weighted by atomic mass is 19.2. The van der Waals surface area contributed by atoms with Crippen molar-refractivity contribution < 1.29 is 18.4 Å². The molecule has 0 saturated heterocycles. The van der Waals surface area contributed by atoms with Gasteiger partial charge in [0.2, 0.25) is 0 Å². The summed E-state index contributed by atoms with van der Waals surface area (Å²) in [5.74, 6) is -3.44. The SMILES string of the molecule is NC(=O)NNC(=O)c1cccc(F)c1F. The second-order valence-electron chi connectivity index (χ2n) is 2.54. The van der Waals surface area contributed by atoms with Gasteiger partial charge in [0.25, 0.3) is 5.91 Å². The number of rotatable bonds is 1. The third kappa shape index (κ3) is 2.63. The van der Waals surface area contributed by atoms with Crippen LogP contribution in [-0.2, 0) is 0 Å². The van der Waals surface area contributed by atoms with Gasteiger partial charge in [-0.3, -0.25) is 10.2 Å². The Morgan fingerprint density at radius 2 is 1.87 bits per heavy atom. The number of urea groups is 1. The van der Waals surface area contributed by atoms with Gasteiger partial charge >= 0.3 is 6.03 Å². The Hall–Kier alpha value is -2.18. The minimum atomic E-state index is -1.29. The van der Waals surface area contributed by atoms with Crippen LogP contribution < -0.4 is 16.6 Å². The van der Waals surface area contributed by atoms with E-state index in [9.17, 15) is 18.4 Å². The largest absolute Gasteiger partial charge is 0.350 e. The fraction of sp³-hybridized carbons (Fsp3) is 0. The molecule has 0 atom stereocenters. The van der Waals surface area contributed by atoms with Crippen LogP contribution in [-0.4, -0.2) is 11.9 Å². The van der Waals surface area contributed by atoms with E-state index in [0.717, 1.165) is 18.2 Å². The Kier molecular flexibility index (Phi) is 3.17. The van der Waals surface area contributed by atoms with E-state index in [1.54, 1.807) is 10.9 Å². The topological polar surface area (TPSA) is 84.2 Å². The molecule has 0 unspecified atom stereocenters. The molecule has 0 aliphatic rings. The number of amides is 3. The summed E-state index contributed by atoms with van der Waals surface area (Å²) in [6, 6.07) is 2.09. The maximum Gasteiger partial charge on any atom is 0.330 e. The first-order valence-electron chi connectivity index (χ1n) is 3.82. The van der Waals surface area contributed by atoms with Crippen LogP contribution in [0.15, 0.2) is 18.2 Å². The van der Waals surface area contributed by atoms with Crippen molar-refractivity contribution in [1.82, 2.24) is 10.9 Å². The number of halogens is 2. The lowest BCUT2D eigenvalue weighted by Gasteiger charge is -2.05. The van der Waals surface area contributed by atoms with Gasteiger partial charge < -0.3 is 5.73 Å². The van der Waals surface area contributed by atoms with Gasteiger partial charge in [-0.25, -0.2) is 19.0 Å². The molecule has 80 valence electrons. The first-order chi connectivity index (χ1) is 7.02. The average Bonchev–Trinajstić information content (AvgIpc) is 2.18. The van der Waals surface area contributed by atoms with Crippen molar-refractivity contribution in [2.45, 2.75) is 0 Å². The molecular weight excluding hydrogens is 208 g/mol. The maximum atomic E-state index is 13.0. The number of primary amides is 1. The van der Waals surface area contributed by atoms with E-state index in [-0.39, 0.29) is 0 Å². The molecule has 0 aromatic heterocycles. The number of hydrogen-bond donors (Lipinski definition) is 3. The van der Waals surface area contributed by atoms with Gasteiger partial charge in [0.05, 0.1) is 5.56 Å². The third-order valence-corrected chi connectivity index (χ3v) is 1.50. The molecule has 7 heteroatoms. The van der Waals surface area contributed by atoms with E-state index in [2.05, 4.69) is 5.73 Å². The van der Waals surface area contributed by atoms with Crippen LogP contribution in [0.25, 0.3) is 0 Å². The Morgan fingerprint density at radius 1 is 1.20 bits per heavy atom. The van der Waals surface area contributed by atoms with Gasteiger partial charge in [0.1, 0.15) is 0 Å². The summed E-state index contributed by atoms with van der Waals surface area (Å²) < 4.78 is 25.7. The van der Waals surface area contributed by atoms with Crippen molar-refractivity contribution in [3.05, 3.63) is 35.4 Å². The third-order valence-electron chi connectivity index (χ3n) is 1.50. The van der Waals surface area contributed by atoms with Crippen LogP contribution in [0.4, 0.5) is 13.6 Å². The molecule has 1 aromatic carbocycles. The molecular formula is C8H7F2N3O2. The van der Waals surface area contributed by atoms with Crippen LogP contribution in [0, 0.1) is 11.6 Å². The molecule has 0 fully saturated rings. The van der Waals surface area contributed by atoms with E-state index in [0.29, 0.717) is 0 Å². The lowest BCUT2D eigenvalue weighted by molar-refractivity contribution is 0.0932. The van der Waals surface area contributed by atoms with Gasteiger partial charge in [0, 0.05) is 0 Å². The molecule has 0 aliphatic heterocycles. The number of carbonyl (C=O) groups excluding carboxylic acids is 2. The van der Waals surface area contributed by atoms with Crippen LogP contribution in [0.2, 0.25) is 0 Å². The van der Waals surface area contributed by atoms with Crippen LogP contribution in [0.1, 0.15) is 10.4 Å². The van der Waals surface area contributed by atoms with E-state index in [4.69, 9.17) is 0 Å². The number of hydrazine groups is 1. The van der Waals surface area contributed by atoms with Gasteiger partial charge in [-0.05, 0) is 12.1 Å². The molecule has 0 spiro atoms. The lowest BCUT2D eigenvalue weighted by atomic mass is 10.2. The van der Waals surface area contributed by atoms with Crippen molar-refractivity contribution in [2.75, 3.05) is 0 Å². The fourth-order valence-corrected chi connectivity index (χ4v) is 0.865. The average molecular weight is 215 g/mol. The van der Waals surface area contributed by atoms with Gasteiger partial charge in [-0.1, -0.05) is 6.07 Å². The molecule has 0 radical (unpaired) electrons. The first kappa shape index (κ1) is 10.9. The predicted octanol–water partition coefficient (Wildman–Crippen LogP) is 0.278. The number of carbonyl (C=O) groups is 2. The maximum absolute atomic E-state index is 13.0. The van der Waals surface area contributed by atoms with Crippen LogP contribution >= 0.6 is 0 Å². The first-order valence-corrected chi connectivity index (χ1v) is 3.82. The molecule has 1 aromatic rings. The molecule has 0 aliphatic carbocycles. The highest BCUT2D eigenvalue weighted by molar-refractivity contribution is 5.95. The summed E-state index contributed by atoms with van der Waals surface area (Å²) in [6.07, 6.45) is 0. The summed E-state index contributed by atoms with van der Waals surface area (Å²) >= 11 is 0. The molecule has 3 amide bonds. The van der Waals surface area contributed by atoms with Crippen molar-refractivity contribution >= 4 is 11.9 Å². The van der Waals surface area contributed by atoms with E-state index >= 15 is 0 Å². The highest BCUT2D eigenvalue weighted by Crippen LogP contribution is 2.10. The quantitative estimate of drug-likeness (QED) is 0.588. The Bertz CT molecular complexity index is 409.